The van der Waals surface area contributed by atoms with Crippen LogP contribution in [0.1, 0.15) is 24.2 Å². The van der Waals surface area contributed by atoms with Gasteiger partial charge in [0.05, 0.1) is 0 Å². The molecule has 1 aliphatic heterocycles. The first-order valence-corrected chi connectivity index (χ1v) is 8.72. The summed E-state index contributed by atoms with van der Waals surface area (Å²) in [4.78, 5) is 36.0. The minimum absolute atomic E-state index is 0.238. The Morgan fingerprint density at radius 2 is 1.61 bits per heavy atom. The quantitative estimate of drug-likeness (QED) is 0.461. The Morgan fingerprint density at radius 3 is 2.21 bits per heavy atom. The van der Waals surface area contributed by atoms with Gasteiger partial charge in [-0.2, -0.15) is 0 Å². The van der Waals surface area contributed by atoms with E-state index in [1.54, 1.807) is 48.5 Å². The largest absolute Gasteiger partial charge is 0.419 e. The molecule has 0 spiro atoms. The lowest BCUT2D eigenvalue weighted by Gasteiger charge is -2.29. The molecular formula is C20H17ClN2O5. The molecule has 144 valence electrons. The van der Waals surface area contributed by atoms with Crippen LogP contribution < -0.4 is 10.6 Å². The van der Waals surface area contributed by atoms with Crippen molar-refractivity contribution in [1.82, 2.24) is 0 Å². The van der Waals surface area contributed by atoms with E-state index in [1.807, 2.05) is 0 Å². The normalized spacial score (nSPS) is 15.3. The van der Waals surface area contributed by atoms with Gasteiger partial charge in [0.25, 0.3) is 11.7 Å². The van der Waals surface area contributed by atoms with Gasteiger partial charge in [0.1, 0.15) is 0 Å². The van der Waals surface area contributed by atoms with Crippen LogP contribution in [0, 0.1) is 0 Å². The predicted molar refractivity (Wildman–Crippen MR) is 104 cm³/mol. The first-order chi connectivity index (χ1) is 13.2. The fraction of sp³-hybridized carbons (Fsp3) is 0.150. The smallest absolute Gasteiger partial charge is 0.350 e. The second kappa shape index (κ2) is 7.74. The molecule has 2 N–H and O–H groups in total. The summed E-state index contributed by atoms with van der Waals surface area (Å²) in [7, 11) is 0. The molecule has 0 radical (unpaired) electrons. The van der Waals surface area contributed by atoms with Crippen LogP contribution in [0.5, 0.6) is 0 Å². The number of rotatable bonds is 4. The summed E-state index contributed by atoms with van der Waals surface area (Å²) in [6.07, 6.45) is 1.22. The van der Waals surface area contributed by atoms with Gasteiger partial charge in [-0.05, 0) is 42.5 Å². The van der Waals surface area contributed by atoms with E-state index >= 15 is 0 Å². The van der Waals surface area contributed by atoms with Gasteiger partial charge >= 0.3 is 11.9 Å². The molecule has 1 amide bonds. The molecule has 1 aliphatic rings. The molecule has 0 bridgehead atoms. The molecule has 1 saturated heterocycles. The van der Waals surface area contributed by atoms with Gasteiger partial charge in [-0.15, -0.1) is 0 Å². The SMILES string of the molecule is CC1(C)OC(=O)C(=CNc2ccc(NC(=O)c3cccc(Cl)c3)cc2)C(=O)O1. The van der Waals surface area contributed by atoms with Crippen molar-refractivity contribution in [3.63, 3.8) is 0 Å². The van der Waals surface area contributed by atoms with Gasteiger partial charge in [-0.1, -0.05) is 17.7 Å². The molecule has 0 aliphatic carbocycles. The lowest BCUT2D eigenvalue weighted by Crippen LogP contribution is -2.42. The molecule has 2 aromatic rings. The van der Waals surface area contributed by atoms with Gasteiger partial charge in [0.15, 0.2) is 5.57 Å². The third-order valence-corrected chi connectivity index (χ3v) is 3.96. The van der Waals surface area contributed by atoms with Gasteiger partial charge in [-0.25, -0.2) is 9.59 Å². The Labute approximate surface area is 166 Å². The maximum absolute atomic E-state index is 12.2. The van der Waals surface area contributed by atoms with E-state index in [4.69, 9.17) is 21.1 Å². The highest BCUT2D eigenvalue weighted by Crippen LogP contribution is 2.23. The van der Waals surface area contributed by atoms with Crippen LogP contribution in [-0.4, -0.2) is 23.6 Å². The number of hydrogen-bond donors (Lipinski definition) is 2. The average Bonchev–Trinajstić information content (AvgIpc) is 2.61. The number of halogens is 1. The molecule has 2 aromatic carbocycles. The maximum Gasteiger partial charge on any atom is 0.350 e. The number of ether oxygens (including phenoxy) is 2. The minimum Gasteiger partial charge on any atom is -0.419 e. The predicted octanol–water partition coefficient (Wildman–Crippen LogP) is 3.72. The van der Waals surface area contributed by atoms with Crippen LogP contribution in [0.25, 0.3) is 0 Å². The summed E-state index contributed by atoms with van der Waals surface area (Å²) in [6, 6.07) is 13.3. The van der Waals surface area contributed by atoms with E-state index in [-0.39, 0.29) is 11.5 Å². The van der Waals surface area contributed by atoms with Crippen molar-refractivity contribution >= 4 is 40.8 Å². The van der Waals surface area contributed by atoms with Crippen molar-refractivity contribution in [2.24, 2.45) is 0 Å². The van der Waals surface area contributed by atoms with E-state index in [9.17, 15) is 14.4 Å². The number of anilines is 2. The van der Waals surface area contributed by atoms with Crippen molar-refractivity contribution < 1.29 is 23.9 Å². The summed E-state index contributed by atoms with van der Waals surface area (Å²) in [5.74, 6) is -3.10. The third kappa shape index (κ3) is 4.69. The number of cyclic esters (lactones) is 2. The van der Waals surface area contributed by atoms with Gasteiger partial charge in [0, 0.05) is 42.0 Å². The fourth-order valence-corrected chi connectivity index (χ4v) is 2.61. The number of nitrogens with one attached hydrogen (secondary N) is 2. The lowest BCUT2D eigenvalue weighted by molar-refractivity contribution is -0.222. The molecule has 7 nitrogen and oxygen atoms in total. The number of benzene rings is 2. The zero-order valence-electron chi connectivity index (χ0n) is 15.1. The zero-order valence-corrected chi connectivity index (χ0v) is 15.9. The average molecular weight is 401 g/mol. The second-order valence-electron chi connectivity index (χ2n) is 6.42. The highest BCUT2D eigenvalue weighted by atomic mass is 35.5. The fourth-order valence-electron chi connectivity index (χ4n) is 2.42. The van der Waals surface area contributed by atoms with Crippen LogP contribution in [0.3, 0.4) is 0 Å². The van der Waals surface area contributed by atoms with Crippen molar-refractivity contribution in [2.75, 3.05) is 10.6 Å². The number of hydrogen-bond acceptors (Lipinski definition) is 6. The zero-order chi connectivity index (χ0) is 20.3. The van der Waals surface area contributed by atoms with Crippen molar-refractivity contribution in [3.8, 4) is 0 Å². The number of carbonyl (C=O) groups excluding carboxylic acids is 3. The van der Waals surface area contributed by atoms with Crippen LogP contribution in [0.15, 0.2) is 60.3 Å². The number of carbonyl (C=O) groups is 3. The van der Waals surface area contributed by atoms with Gasteiger partial charge in [0.2, 0.25) is 0 Å². The van der Waals surface area contributed by atoms with Crippen molar-refractivity contribution in [1.29, 1.82) is 0 Å². The molecule has 28 heavy (non-hydrogen) atoms. The Hall–Kier alpha value is -3.32. The van der Waals surface area contributed by atoms with E-state index in [0.717, 1.165) is 0 Å². The topological polar surface area (TPSA) is 93.7 Å². The summed E-state index contributed by atoms with van der Waals surface area (Å²) in [5, 5.41) is 6.06. The Kier molecular flexibility index (Phi) is 5.37. The molecule has 8 heteroatoms. The Bertz CT molecular complexity index is 945. The molecule has 0 aromatic heterocycles. The van der Waals surface area contributed by atoms with Crippen molar-refractivity contribution in [3.05, 3.63) is 70.9 Å². The van der Waals surface area contributed by atoms with E-state index in [2.05, 4.69) is 10.6 Å². The summed E-state index contributed by atoms with van der Waals surface area (Å²) in [6.45, 7) is 2.95. The molecule has 1 fully saturated rings. The van der Waals surface area contributed by atoms with Crippen molar-refractivity contribution in [2.45, 2.75) is 19.6 Å². The summed E-state index contributed by atoms with van der Waals surface area (Å²) in [5.41, 5.74) is 1.37. The minimum atomic E-state index is -1.28. The third-order valence-electron chi connectivity index (χ3n) is 3.73. The van der Waals surface area contributed by atoms with E-state index in [1.165, 1.54) is 20.0 Å². The summed E-state index contributed by atoms with van der Waals surface area (Å²) >= 11 is 5.89. The molecule has 1 heterocycles. The van der Waals surface area contributed by atoms with Gasteiger partial charge < -0.3 is 20.1 Å². The molecule has 0 unspecified atom stereocenters. The first kappa shape index (κ1) is 19.4. The van der Waals surface area contributed by atoms with Crippen LogP contribution in [0.2, 0.25) is 5.02 Å². The molecule has 3 rings (SSSR count). The van der Waals surface area contributed by atoms with E-state index in [0.29, 0.717) is 22.0 Å². The number of esters is 2. The molecular weight excluding hydrogens is 384 g/mol. The Morgan fingerprint density at radius 1 is 1.00 bits per heavy atom. The monoisotopic (exact) mass is 400 g/mol. The van der Waals surface area contributed by atoms with Crippen LogP contribution in [-0.2, 0) is 19.1 Å². The number of amides is 1. The first-order valence-electron chi connectivity index (χ1n) is 8.34. The van der Waals surface area contributed by atoms with Crippen LogP contribution >= 0.6 is 11.6 Å². The summed E-state index contributed by atoms with van der Waals surface area (Å²) < 4.78 is 10.0. The van der Waals surface area contributed by atoms with Crippen LogP contribution in [0.4, 0.5) is 11.4 Å². The van der Waals surface area contributed by atoms with E-state index < -0.39 is 17.7 Å². The lowest BCUT2D eigenvalue weighted by atomic mass is 10.2. The highest BCUT2D eigenvalue weighted by Gasteiger charge is 2.38. The standard InChI is InChI=1S/C20H17ClN2O5/c1-20(2)27-18(25)16(19(26)28-20)11-22-14-6-8-15(9-7-14)23-17(24)12-4-3-5-13(21)10-12/h3-11,22H,1-2H3,(H,23,24). The molecule has 0 atom stereocenters. The molecule has 0 saturated carbocycles. The van der Waals surface area contributed by atoms with Gasteiger partial charge in [-0.3, -0.25) is 4.79 Å². The maximum atomic E-state index is 12.2. The Balaban J connectivity index is 1.64. The second-order valence-corrected chi connectivity index (χ2v) is 6.86. The highest BCUT2D eigenvalue weighted by molar-refractivity contribution is 6.31.